The first kappa shape index (κ1) is 23.3. The standard InChI is InChI=1S/C25H30N4O3/c1-25(2,3)32-24(31)29-13-11-18(12-14-29)15-22(19-7-5-4-6-8-19)28-23(30)20-9-10-21(16-26)27-17-20/h4-10,17-18,22H,11-15H2,1-3H3,(H,28,30). The lowest BCUT2D eigenvalue weighted by atomic mass is 9.87. The van der Waals surface area contributed by atoms with E-state index < -0.39 is 5.60 Å². The quantitative estimate of drug-likeness (QED) is 0.749. The van der Waals surface area contributed by atoms with Crippen LogP contribution in [0.3, 0.4) is 0 Å². The predicted molar refractivity (Wildman–Crippen MR) is 121 cm³/mol. The van der Waals surface area contributed by atoms with Crippen molar-refractivity contribution < 1.29 is 14.3 Å². The Morgan fingerprint density at radius 2 is 1.88 bits per heavy atom. The van der Waals surface area contributed by atoms with Gasteiger partial charge in [0, 0.05) is 19.3 Å². The lowest BCUT2D eigenvalue weighted by molar-refractivity contribution is 0.0178. The lowest BCUT2D eigenvalue weighted by Gasteiger charge is -2.35. The lowest BCUT2D eigenvalue weighted by Crippen LogP contribution is -2.42. The number of carbonyl (C=O) groups is 2. The summed E-state index contributed by atoms with van der Waals surface area (Å²) in [5.41, 5.74) is 1.23. The molecule has 1 unspecified atom stereocenters. The average molecular weight is 435 g/mol. The van der Waals surface area contributed by atoms with Gasteiger partial charge in [-0.25, -0.2) is 9.78 Å². The maximum Gasteiger partial charge on any atom is 0.410 e. The van der Waals surface area contributed by atoms with Gasteiger partial charge >= 0.3 is 6.09 Å². The van der Waals surface area contributed by atoms with Crippen molar-refractivity contribution >= 4 is 12.0 Å². The van der Waals surface area contributed by atoms with E-state index in [0.717, 1.165) is 24.8 Å². The van der Waals surface area contributed by atoms with E-state index in [0.29, 0.717) is 24.6 Å². The normalized spacial score (nSPS) is 15.5. The van der Waals surface area contributed by atoms with Crippen LogP contribution in [0, 0.1) is 17.2 Å². The summed E-state index contributed by atoms with van der Waals surface area (Å²) in [5, 5.41) is 12.0. The minimum Gasteiger partial charge on any atom is -0.444 e. The topological polar surface area (TPSA) is 95.3 Å². The van der Waals surface area contributed by atoms with E-state index in [9.17, 15) is 9.59 Å². The van der Waals surface area contributed by atoms with Crippen LogP contribution in [-0.2, 0) is 4.74 Å². The molecule has 1 aromatic heterocycles. The number of nitrogens with one attached hydrogen (secondary N) is 1. The Bertz CT molecular complexity index is 953. The van der Waals surface area contributed by atoms with E-state index >= 15 is 0 Å². The Labute approximate surface area is 189 Å². The van der Waals surface area contributed by atoms with Gasteiger partial charge in [-0.1, -0.05) is 30.3 Å². The van der Waals surface area contributed by atoms with Crippen LogP contribution >= 0.6 is 0 Å². The summed E-state index contributed by atoms with van der Waals surface area (Å²) in [7, 11) is 0. The zero-order valence-corrected chi connectivity index (χ0v) is 18.9. The number of ether oxygens (including phenoxy) is 1. The molecule has 1 saturated heterocycles. The summed E-state index contributed by atoms with van der Waals surface area (Å²) in [6.07, 6.45) is 3.65. The second-order valence-corrected chi connectivity index (χ2v) is 9.13. The smallest absolute Gasteiger partial charge is 0.410 e. The highest BCUT2D eigenvalue weighted by molar-refractivity contribution is 5.94. The number of carbonyl (C=O) groups excluding carboxylic acids is 2. The van der Waals surface area contributed by atoms with Gasteiger partial charge in [-0.2, -0.15) is 5.26 Å². The third kappa shape index (κ3) is 6.55. The Morgan fingerprint density at radius 3 is 2.44 bits per heavy atom. The average Bonchev–Trinajstić information content (AvgIpc) is 2.78. The van der Waals surface area contributed by atoms with Gasteiger partial charge in [-0.05, 0) is 63.6 Å². The molecule has 1 fully saturated rings. The van der Waals surface area contributed by atoms with Crippen LogP contribution in [-0.4, -0.2) is 40.6 Å². The van der Waals surface area contributed by atoms with Crippen LogP contribution in [0.25, 0.3) is 0 Å². The molecule has 1 atom stereocenters. The van der Waals surface area contributed by atoms with Crippen molar-refractivity contribution in [1.29, 1.82) is 5.26 Å². The fourth-order valence-electron chi connectivity index (χ4n) is 3.81. The van der Waals surface area contributed by atoms with E-state index in [1.165, 1.54) is 6.20 Å². The van der Waals surface area contributed by atoms with Crippen molar-refractivity contribution in [3.63, 3.8) is 0 Å². The van der Waals surface area contributed by atoms with Gasteiger partial charge in [0.25, 0.3) is 5.91 Å². The van der Waals surface area contributed by atoms with Gasteiger partial charge in [0.05, 0.1) is 11.6 Å². The number of hydrogen-bond acceptors (Lipinski definition) is 5. The number of hydrogen-bond donors (Lipinski definition) is 1. The van der Waals surface area contributed by atoms with E-state index in [1.807, 2.05) is 57.2 Å². The number of nitriles is 1. The minimum atomic E-state index is -0.503. The largest absolute Gasteiger partial charge is 0.444 e. The van der Waals surface area contributed by atoms with Crippen LogP contribution in [0.1, 0.15) is 67.7 Å². The summed E-state index contributed by atoms with van der Waals surface area (Å²) in [4.78, 5) is 30.9. The van der Waals surface area contributed by atoms with Crippen molar-refractivity contribution in [1.82, 2.24) is 15.2 Å². The first-order chi connectivity index (χ1) is 15.2. The van der Waals surface area contributed by atoms with Crippen LogP contribution in [0.2, 0.25) is 0 Å². The SMILES string of the molecule is CC(C)(C)OC(=O)N1CCC(CC(NC(=O)c2ccc(C#N)nc2)c2ccccc2)CC1. The number of aromatic nitrogens is 1. The molecule has 1 aliphatic heterocycles. The van der Waals surface area contributed by atoms with Crippen LogP contribution in [0.5, 0.6) is 0 Å². The monoisotopic (exact) mass is 434 g/mol. The molecule has 2 amide bonds. The molecular formula is C25H30N4O3. The molecule has 0 saturated carbocycles. The van der Waals surface area contributed by atoms with E-state index in [1.54, 1.807) is 17.0 Å². The minimum absolute atomic E-state index is 0.155. The zero-order valence-electron chi connectivity index (χ0n) is 18.9. The molecule has 2 aromatic rings. The molecule has 3 rings (SSSR count). The molecule has 0 bridgehead atoms. The number of nitrogens with zero attached hydrogens (tertiary/aromatic N) is 3. The Hall–Kier alpha value is -3.40. The predicted octanol–water partition coefficient (Wildman–Crippen LogP) is 4.46. The molecular weight excluding hydrogens is 404 g/mol. The molecule has 7 nitrogen and oxygen atoms in total. The Kier molecular flexibility index (Phi) is 7.47. The molecule has 1 aromatic carbocycles. The molecule has 2 heterocycles. The summed E-state index contributed by atoms with van der Waals surface area (Å²) in [6.45, 7) is 6.90. The van der Waals surface area contributed by atoms with Crippen LogP contribution < -0.4 is 5.32 Å². The summed E-state index contributed by atoms with van der Waals surface area (Å²) >= 11 is 0. The molecule has 168 valence electrons. The fraction of sp³-hybridized carbons (Fsp3) is 0.440. The van der Waals surface area contributed by atoms with E-state index in [-0.39, 0.29) is 23.7 Å². The fourth-order valence-corrected chi connectivity index (χ4v) is 3.81. The number of rotatable bonds is 5. The zero-order chi connectivity index (χ0) is 23.1. The first-order valence-corrected chi connectivity index (χ1v) is 10.9. The Morgan fingerprint density at radius 1 is 1.19 bits per heavy atom. The second kappa shape index (κ2) is 10.3. The maximum atomic E-state index is 12.8. The van der Waals surface area contributed by atoms with Crippen molar-refractivity contribution in [2.45, 2.75) is 51.7 Å². The molecule has 0 aliphatic carbocycles. The van der Waals surface area contributed by atoms with Crippen molar-refractivity contribution in [2.75, 3.05) is 13.1 Å². The number of amides is 2. The van der Waals surface area contributed by atoms with Gasteiger partial charge in [-0.15, -0.1) is 0 Å². The maximum absolute atomic E-state index is 12.8. The molecule has 1 aliphatic rings. The summed E-state index contributed by atoms with van der Waals surface area (Å²) < 4.78 is 5.48. The van der Waals surface area contributed by atoms with Gasteiger partial charge < -0.3 is 15.0 Å². The number of likely N-dealkylation sites (tertiary alicyclic amines) is 1. The van der Waals surface area contributed by atoms with Crippen LogP contribution in [0.15, 0.2) is 48.7 Å². The summed E-state index contributed by atoms with van der Waals surface area (Å²) in [6, 6.07) is 14.9. The van der Waals surface area contributed by atoms with Gasteiger partial charge in [0.1, 0.15) is 17.4 Å². The van der Waals surface area contributed by atoms with Gasteiger partial charge in [-0.3, -0.25) is 4.79 Å². The van der Waals surface area contributed by atoms with Crippen LogP contribution in [0.4, 0.5) is 4.79 Å². The van der Waals surface area contributed by atoms with Gasteiger partial charge in [0.15, 0.2) is 0 Å². The number of pyridine rings is 1. The molecule has 1 N–H and O–H groups in total. The second-order valence-electron chi connectivity index (χ2n) is 9.13. The van der Waals surface area contributed by atoms with E-state index in [4.69, 9.17) is 10.00 Å². The number of benzene rings is 1. The van der Waals surface area contributed by atoms with Gasteiger partial charge in [0.2, 0.25) is 0 Å². The van der Waals surface area contributed by atoms with Crippen molar-refractivity contribution in [3.05, 3.63) is 65.5 Å². The molecule has 7 heteroatoms. The highest BCUT2D eigenvalue weighted by atomic mass is 16.6. The van der Waals surface area contributed by atoms with Crippen molar-refractivity contribution in [2.24, 2.45) is 5.92 Å². The summed E-state index contributed by atoms with van der Waals surface area (Å²) in [5.74, 6) is 0.153. The first-order valence-electron chi connectivity index (χ1n) is 10.9. The molecule has 0 radical (unpaired) electrons. The third-order valence-electron chi connectivity index (χ3n) is 5.48. The number of piperidine rings is 1. The molecule has 0 spiro atoms. The third-order valence-corrected chi connectivity index (χ3v) is 5.48. The molecule has 32 heavy (non-hydrogen) atoms. The van der Waals surface area contributed by atoms with E-state index in [2.05, 4.69) is 10.3 Å². The highest BCUT2D eigenvalue weighted by Gasteiger charge is 2.29. The highest BCUT2D eigenvalue weighted by Crippen LogP contribution is 2.29. The Balaban J connectivity index is 1.64. The van der Waals surface area contributed by atoms with Crippen molar-refractivity contribution in [3.8, 4) is 6.07 Å².